The molecule has 3 aliphatic rings. The van der Waals surface area contributed by atoms with Crippen molar-refractivity contribution in [3.63, 3.8) is 0 Å². The second-order valence-electron chi connectivity index (χ2n) is 12.6. The molecule has 2 fully saturated rings. The number of benzene rings is 2. The first-order valence-corrected chi connectivity index (χ1v) is 16.6. The number of piperazine rings is 1. The predicted octanol–water partition coefficient (Wildman–Crippen LogP) is 5.93. The number of rotatable bonds is 6. The van der Waals surface area contributed by atoms with E-state index in [2.05, 4.69) is 65.9 Å². The molecule has 240 valence electrons. The molecule has 2 unspecified atom stereocenters. The van der Waals surface area contributed by atoms with Crippen molar-refractivity contribution < 1.29 is 9.53 Å². The van der Waals surface area contributed by atoms with Gasteiger partial charge in [-0.3, -0.25) is 4.79 Å². The van der Waals surface area contributed by atoms with E-state index in [9.17, 15) is 10.1 Å². The summed E-state index contributed by atoms with van der Waals surface area (Å²) in [6.07, 6.45) is 4.30. The summed E-state index contributed by atoms with van der Waals surface area (Å²) in [6, 6.07) is 14.7. The Balaban J connectivity index is 0.000000598. The number of methoxy groups -OCH3 is 1. The highest BCUT2D eigenvalue weighted by Crippen LogP contribution is 2.38. The fourth-order valence-electron chi connectivity index (χ4n) is 6.91. The number of nitriles is 1. The summed E-state index contributed by atoms with van der Waals surface area (Å²) in [7, 11) is 3.76. The van der Waals surface area contributed by atoms with Gasteiger partial charge in [-0.25, -0.2) is 0 Å². The number of carbonyl (C=O) groups excluding carboxylic acids is 1. The monoisotopic (exact) mass is 631 g/mol. The number of anilines is 2. The van der Waals surface area contributed by atoms with E-state index < -0.39 is 0 Å². The molecule has 10 heteroatoms. The van der Waals surface area contributed by atoms with Crippen LogP contribution in [0, 0.1) is 17.2 Å². The first-order valence-electron chi connectivity index (χ1n) is 16.2. The van der Waals surface area contributed by atoms with E-state index in [1.54, 1.807) is 7.11 Å². The second-order valence-corrected chi connectivity index (χ2v) is 13.1. The number of amides is 1. The third-order valence-corrected chi connectivity index (χ3v) is 9.60. The molecule has 1 amide bonds. The summed E-state index contributed by atoms with van der Waals surface area (Å²) in [5.74, 6) is 1.18. The number of halogens is 1. The molecule has 0 bridgehead atoms. The lowest BCUT2D eigenvalue weighted by molar-refractivity contribution is -0.137. The second kappa shape index (κ2) is 14.7. The fraction of sp³-hybridized carbons (Fsp3) is 0.543. The minimum absolute atomic E-state index is 0.0147. The van der Waals surface area contributed by atoms with Gasteiger partial charge in [0.05, 0.1) is 48.9 Å². The minimum Gasteiger partial charge on any atom is -0.467 e. The zero-order valence-electron chi connectivity index (χ0n) is 27.3. The van der Waals surface area contributed by atoms with Crippen LogP contribution in [0.2, 0.25) is 5.02 Å². The zero-order valence-corrected chi connectivity index (χ0v) is 28.1. The van der Waals surface area contributed by atoms with Gasteiger partial charge in [-0.05, 0) is 62.8 Å². The van der Waals surface area contributed by atoms with E-state index >= 15 is 0 Å². The van der Waals surface area contributed by atoms with Crippen molar-refractivity contribution in [3.05, 3.63) is 52.7 Å². The van der Waals surface area contributed by atoms with E-state index in [0.29, 0.717) is 32.1 Å². The molecule has 9 nitrogen and oxygen atoms in total. The molecule has 2 aromatic carbocycles. The largest absolute Gasteiger partial charge is 0.467 e. The minimum atomic E-state index is -0.196. The Morgan fingerprint density at radius 1 is 1.09 bits per heavy atom. The van der Waals surface area contributed by atoms with Gasteiger partial charge in [0.25, 0.3) is 0 Å². The highest BCUT2D eigenvalue weighted by molar-refractivity contribution is 6.36. The molecule has 2 saturated heterocycles. The van der Waals surface area contributed by atoms with E-state index in [0.717, 1.165) is 51.5 Å². The van der Waals surface area contributed by atoms with Crippen LogP contribution in [0.25, 0.3) is 10.8 Å². The zero-order chi connectivity index (χ0) is 32.1. The number of aromatic nitrogens is 2. The van der Waals surface area contributed by atoms with Crippen LogP contribution in [0.5, 0.6) is 6.01 Å². The maximum atomic E-state index is 13.0. The number of likely N-dealkylation sites (tertiary alicyclic amines) is 1. The van der Waals surface area contributed by atoms with Gasteiger partial charge >= 0.3 is 6.01 Å². The van der Waals surface area contributed by atoms with E-state index in [1.807, 2.05) is 24.0 Å². The van der Waals surface area contributed by atoms with Crippen LogP contribution in [-0.4, -0.2) is 84.6 Å². The summed E-state index contributed by atoms with van der Waals surface area (Å²) in [5, 5.41) is 12.5. The summed E-state index contributed by atoms with van der Waals surface area (Å²) < 4.78 is 5.56. The Morgan fingerprint density at radius 2 is 1.82 bits per heavy atom. The van der Waals surface area contributed by atoms with Crippen LogP contribution in [-0.2, 0) is 17.8 Å². The normalized spacial score (nSPS) is 20.1. The predicted molar refractivity (Wildman–Crippen MR) is 181 cm³/mol. The van der Waals surface area contributed by atoms with Gasteiger partial charge < -0.3 is 24.3 Å². The van der Waals surface area contributed by atoms with Gasteiger partial charge in [0.15, 0.2) is 0 Å². The molecule has 0 radical (unpaired) electrons. The van der Waals surface area contributed by atoms with Gasteiger partial charge in [0.1, 0.15) is 5.82 Å². The molecule has 2 atom stereocenters. The van der Waals surface area contributed by atoms with Crippen LogP contribution < -0.4 is 14.5 Å². The van der Waals surface area contributed by atoms with Crippen molar-refractivity contribution in [2.24, 2.45) is 5.92 Å². The molecule has 6 rings (SSSR count). The Bertz CT molecular complexity index is 1530. The number of hydrogen-bond acceptors (Lipinski definition) is 8. The highest BCUT2D eigenvalue weighted by Gasteiger charge is 2.40. The number of hydrogen-bond donors (Lipinski definition) is 0. The van der Waals surface area contributed by atoms with Crippen molar-refractivity contribution >= 4 is 39.8 Å². The summed E-state index contributed by atoms with van der Waals surface area (Å²) in [4.78, 5) is 31.5. The van der Waals surface area contributed by atoms with Gasteiger partial charge in [-0.15, -0.1) is 0 Å². The van der Waals surface area contributed by atoms with Crippen molar-refractivity contribution in [1.29, 1.82) is 5.26 Å². The molecule has 0 spiro atoms. The number of nitrogens with zero attached hydrogens (tertiary/aromatic N) is 7. The van der Waals surface area contributed by atoms with E-state index in [-0.39, 0.29) is 30.3 Å². The van der Waals surface area contributed by atoms with Crippen molar-refractivity contribution in [2.75, 3.05) is 56.7 Å². The lowest BCUT2D eigenvalue weighted by Gasteiger charge is -2.49. The molecule has 45 heavy (non-hydrogen) atoms. The first-order chi connectivity index (χ1) is 21.7. The number of fused-ring (bicyclic) bond motifs is 2. The number of ether oxygens (including phenoxy) is 1. The summed E-state index contributed by atoms with van der Waals surface area (Å²) >= 11 is 6.65. The molecule has 0 N–H and O–H groups in total. The van der Waals surface area contributed by atoms with Crippen LogP contribution in [0.1, 0.15) is 57.7 Å². The third-order valence-electron chi connectivity index (χ3n) is 9.28. The average Bonchev–Trinajstić information content (AvgIpc) is 3.54. The molecule has 4 heterocycles. The van der Waals surface area contributed by atoms with Crippen LogP contribution >= 0.6 is 11.6 Å². The van der Waals surface area contributed by atoms with Gasteiger partial charge in [-0.2, -0.15) is 15.2 Å². The molecular formula is C35H46ClN7O2. The Hall–Kier alpha value is -3.61. The molecule has 0 saturated carbocycles. The molecule has 3 aromatic rings. The smallest absolute Gasteiger partial charge is 0.318 e. The van der Waals surface area contributed by atoms with Crippen LogP contribution in [0.4, 0.5) is 11.5 Å². The Labute approximate surface area is 272 Å². The quantitative estimate of drug-likeness (QED) is 0.331. The van der Waals surface area contributed by atoms with Crippen molar-refractivity contribution in [3.8, 4) is 12.1 Å². The third kappa shape index (κ3) is 7.13. The standard InChI is InChI=1S/C30H35ClN6O2.C5H11N/c1-5-27(38)37-21(12-14-32)16-36(18-26(37)19(2)3)29-22-13-15-35(17-24(22)33-30(34-29)39-4)25-11-7-9-20-8-6-10-23(31)28(20)25;1-6-4-2-3-5-6/h6-11,19,21,26H,5,12-13,15-18H2,1-4H3;2-5H2,1H3. The van der Waals surface area contributed by atoms with Gasteiger partial charge in [0, 0.05) is 42.7 Å². The summed E-state index contributed by atoms with van der Waals surface area (Å²) in [5.41, 5.74) is 3.12. The Kier molecular flexibility index (Phi) is 10.7. The first kappa shape index (κ1) is 32.8. The maximum absolute atomic E-state index is 13.0. The lowest BCUT2D eigenvalue weighted by Crippen LogP contribution is -2.62. The average molecular weight is 632 g/mol. The maximum Gasteiger partial charge on any atom is 0.318 e. The number of carbonyl (C=O) groups is 1. The van der Waals surface area contributed by atoms with E-state index in [1.165, 1.54) is 25.9 Å². The van der Waals surface area contributed by atoms with Crippen molar-refractivity contribution in [2.45, 2.75) is 71.5 Å². The molecular weight excluding hydrogens is 586 g/mol. The van der Waals surface area contributed by atoms with Gasteiger partial charge in [0.2, 0.25) is 5.91 Å². The van der Waals surface area contributed by atoms with Gasteiger partial charge in [-0.1, -0.05) is 56.6 Å². The van der Waals surface area contributed by atoms with E-state index in [4.69, 9.17) is 26.3 Å². The fourth-order valence-corrected chi connectivity index (χ4v) is 7.19. The molecule has 0 aliphatic carbocycles. The Morgan fingerprint density at radius 3 is 2.44 bits per heavy atom. The summed E-state index contributed by atoms with van der Waals surface area (Å²) in [6.45, 7) is 11.4. The SMILES string of the molecule is CCC(=O)N1C(CC#N)CN(c2nc(OC)nc3c2CCN(c2cccc4cccc(Cl)c24)C3)CC1C(C)C.CN1CCCC1. The lowest BCUT2D eigenvalue weighted by atomic mass is 9.93. The molecule has 1 aromatic heterocycles. The van der Waals surface area contributed by atoms with Crippen LogP contribution in [0.15, 0.2) is 36.4 Å². The van der Waals surface area contributed by atoms with Crippen LogP contribution in [0.3, 0.4) is 0 Å². The molecule has 3 aliphatic heterocycles. The van der Waals surface area contributed by atoms with Crippen molar-refractivity contribution in [1.82, 2.24) is 19.8 Å². The topological polar surface area (TPSA) is 88.8 Å². The highest BCUT2D eigenvalue weighted by atomic mass is 35.5.